The molecular formula is C17H11ClN4O3. The minimum atomic E-state index is -0.985. The number of rotatable bonds is 2. The molecule has 4 rings (SSSR count). The Morgan fingerprint density at radius 1 is 1.12 bits per heavy atom. The third-order valence-electron chi connectivity index (χ3n) is 3.89. The van der Waals surface area contributed by atoms with E-state index >= 15 is 0 Å². The number of carbonyl (C=O) groups excluding carboxylic acids is 2. The van der Waals surface area contributed by atoms with Gasteiger partial charge < -0.3 is 10.5 Å². The Morgan fingerprint density at radius 2 is 1.88 bits per heavy atom. The summed E-state index contributed by atoms with van der Waals surface area (Å²) in [5, 5.41) is 1.06. The number of ether oxygens (including phenoxy) is 1. The van der Waals surface area contributed by atoms with E-state index in [1.54, 1.807) is 48.5 Å². The van der Waals surface area contributed by atoms with E-state index in [4.69, 9.17) is 22.1 Å². The highest BCUT2D eigenvalue weighted by molar-refractivity contribution is 6.29. The number of fused-ring (bicyclic) bond motifs is 2. The van der Waals surface area contributed by atoms with Gasteiger partial charge in [-0.25, -0.2) is 14.8 Å². The first-order valence-corrected chi connectivity index (χ1v) is 7.74. The summed E-state index contributed by atoms with van der Waals surface area (Å²) < 4.78 is 5.17. The maximum absolute atomic E-state index is 12.8. The maximum Gasteiger partial charge on any atom is 0.406 e. The molecule has 0 spiro atoms. The first kappa shape index (κ1) is 15.3. The van der Waals surface area contributed by atoms with E-state index in [1.165, 1.54) is 4.90 Å². The van der Waals surface area contributed by atoms with Gasteiger partial charge in [0.2, 0.25) is 6.23 Å². The molecule has 0 fully saturated rings. The van der Waals surface area contributed by atoms with E-state index in [0.29, 0.717) is 16.8 Å². The highest BCUT2D eigenvalue weighted by Gasteiger charge is 2.40. The van der Waals surface area contributed by atoms with Crippen molar-refractivity contribution in [3.63, 3.8) is 0 Å². The lowest BCUT2D eigenvalue weighted by Gasteiger charge is -2.23. The topological polar surface area (TPSA) is 98.4 Å². The molecule has 2 aromatic heterocycles. The zero-order chi connectivity index (χ0) is 17.6. The first-order valence-electron chi connectivity index (χ1n) is 7.36. The van der Waals surface area contributed by atoms with Crippen molar-refractivity contribution in [1.82, 2.24) is 9.97 Å². The molecule has 0 aliphatic carbocycles. The summed E-state index contributed by atoms with van der Waals surface area (Å²) in [5.74, 6) is -0.0505. The van der Waals surface area contributed by atoms with E-state index in [-0.39, 0.29) is 16.9 Å². The number of halogens is 1. The summed E-state index contributed by atoms with van der Waals surface area (Å²) in [6, 6.07) is 13.7. The fourth-order valence-corrected chi connectivity index (χ4v) is 2.98. The number of primary amides is 1. The third kappa shape index (κ3) is 2.54. The van der Waals surface area contributed by atoms with E-state index in [0.717, 1.165) is 5.39 Å². The SMILES string of the molecule is NC(=O)OC1c2ccccc2C(=O)N1c1ccc2ccc(Cl)nc2n1. The number of nitrogens with two attached hydrogens (primary N) is 1. The molecule has 7 nitrogen and oxygen atoms in total. The van der Waals surface area contributed by atoms with Crippen LogP contribution in [0.4, 0.5) is 10.6 Å². The Hall–Kier alpha value is -3.19. The third-order valence-corrected chi connectivity index (χ3v) is 4.10. The summed E-state index contributed by atoms with van der Waals surface area (Å²) in [6.07, 6.45) is -1.97. The van der Waals surface area contributed by atoms with Gasteiger partial charge in [-0.1, -0.05) is 29.8 Å². The standard InChI is InChI=1S/C17H11ClN4O3/c18-12-7-5-9-6-8-13(21-14(9)20-12)22-15(23)10-3-1-2-4-11(10)16(22)25-17(19)24/h1-8,16H,(H2,19,24). The number of hydrogen-bond acceptors (Lipinski definition) is 5. The van der Waals surface area contributed by atoms with Gasteiger partial charge >= 0.3 is 6.09 Å². The van der Waals surface area contributed by atoms with Gasteiger partial charge in [0, 0.05) is 16.5 Å². The van der Waals surface area contributed by atoms with Crippen LogP contribution in [0.1, 0.15) is 22.1 Å². The number of hydrogen-bond donors (Lipinski definition) is 1. The normalized spacial score (nSPS) is 16.1. The molecule has 1 aliphatic rings. The lowest BCUT2D eigenvalue weighted by atomic mass is 10.1. The number of benzene rings is 1. The number of carbonyl (C=O) groups is 2. The van der Waals surface area contributed by atoms with Crippen LogP contribution in [0.2, 0.25) is 5.15 Å². The molecule has 0 saturated heterocycles. The largest absolute Gasteiger partial charge is 0.421 e. The maximum atomic E-state index is 12.8. The van der Waals surface area contributed by atoms with Gasteiger partial charge in [-0.15, -0.1) is 0 Å². The Morgan fingerprint density at radius 3 is 2.68 bits per heavy atom. The monoisotopic (exact) mass is 354 g/mol. The second-order valence-corrected chi connectivity index (χ2v) is 5.79. The lowest BCUT2D eigenvalue weighted by Crippen LogP contribution is -2.32. The van der Waals surface area contributed by atoms with E-state index < -0.39 is 12.3 Å². The summed E-state index contributed by atoms with van der Waals surface area (Å²) in [6.45, 7) is 0. The summed E-state index contributed by atoms with van der Waals surface area (Å²) >= 11 is 5.91. The zero-order valence-electron chi connectivity index (χ0n) is 12.7. The molecule has 1 atom stereocenters. The smallest absolute Gasteiger partial charge is 0.406 e. The second-order valence-electron chi connectivity index (χ2n) is 5.40. The van der Waals surface area contributed by atoms with Crippen LogP contribution in [0.15, 0.2) is 48.5 Å². The number of aromatic nitrogens is 2. The van der Waals surface area contributed by atoms with Crippen molar-refractivity contribution < 1.29 is 14.3 Å². The van der Waals surface area contributed by atoms with Gasteiger partial charge in [-0.2, -0.15) is 0 Å². The summed E-state index contributed by atoms with van der Waals surface area (Å²) in [7, 11) is 0. The molecule has 1 aromatic carbocycles. The van der Waals surface area contributed by atoms with Crippen molar-refractivity contribution in [2.24, 2.45) is 5.73 Å². The van der Waals surface area contributed by atoms with E-state index in [9.17, 15) is 9.59 Å². The molecule has 2 N–H and O–H groups in total. The van der Waals surface area contributed by atoms with Crippen molar-refractivity contribution in [3.05, 3.63) is 64.8 Å². The molecule has 25 heavy (non-hydrogen) atoms. The quantitative estimate of drug-likeness (QED) is 0.713. The average molecular weight is 355 g/mol. The number of anilines is 1. The van der Waals surface area contributed by atoms with Crippen molar-refractivity contribution in [3.8, 4) is 0 Å². The van der Waals surface area contributed by atoms with Crippen LogP contribution in [0.25, 0.3) is 11.0 Å². The molecule has 124 valence electrons. The molecular weight excluding hydrogens is 344 g/mol. The fraction of sp³-hybridized carbons (Fsp3) is 0.0588. The molecule has 3 heterocycles. The van der Waals surface area contributed by atoms with E-state index in [2.05, 4.69) is 9.97 Å². The van der Waals surface area contributed by atoms with Crippen LogP contribution < -0.4 is 10.6 Å². The van der Waals surface area contributed by atoms with Gasteiger partial charge in [0.15, 0.2) is 5.65 Å². The summed E-state index contributed by atoms with van der Waals surface area (Å²) in [5.41, 5.74) is 6.53. The number of nitrogens with zero attached hydrogens (tertiary/aromatic N) is 3. The minimum absolute atomic E-state index is 0.287. The van der Waals surface area contributed by atoms with Crippen LogP contribution in [0, 0.1) is 0 Å². The minimum Gasteiger partial charge on any atom is -0.421 e. The second kappa shape index (κ2) is 5.71. The lowest BCUT2D eigenvalue weighted by molar-refractivity contribution is 0.0863. The van der Waals surface area contributed by atoms with Crippen LogP contribution in [-0.4, -0.2) is 22.0 Å². The number of pyridine rings is 2. The van der Waals surface area contributed by atoms with Gasteiger partial charge in [0.05, 0.1) is 0 Å². The van der Waals surface area contributed by atoms with Crippen molar-refractivity contribution in [1.29, 1.82) is 0 Å². The van der Waals surface area contributed by atoms with Gasteiger partial charge in [-0.05, 0) is 30.3 Å². The van der Waals surface area contributed by atoms with Gasteiger partial charge in [-0.3, -0.25) is 9.69 Å². The molecule has 0 bridgehead atoms. The molecule has 0 saturated carbocycles. The van der Waals surface area contributed by atoms with Crippen molar-refractivity contribution >= 4 is 40.5 Å². The van der Waals surface area contributed by atoms with Gasteiger partial charge in [0.25, 0.3) is 5.91 Å². The van der Waals surface area contributed by atoms with Crippen molar-refractivity contribution in [2.45, 2.75) is 6.23 Å². The predicted octanol–water partition coefficient (Wildman–Crippen LogP) is 3.04. The molecule has 2 amide bonds. The highest BCUT2D eigenvalue weighted by atomic mass is 35.5. The van der Waals surface area contributed by atoms with Crippen molar-refractivity contribution in [2.75, 3.05) is 4.90 Å². The van der Waals surface area contributed by atoms with Gasteiger partial charge in [0.1, 0.15) is 11.0 Å². The first-order chi connectivity index (χ1) is 12.0. The molecule has 1 aliphatic heterocycles. The Bertz CT molecular complexity index is 1020. The van der Waals surface area contributed by atoms with Crippen LogP contribution >= 0.6 is 11.6 Å². The van der Waals surface area contributed by atoms with E-state index in [1.807, 2.05) is 0 Å². The Kier molecular flexibility index (Phi) is 3.51. The van der Waals surface area contributed by atoms with Crippen LogP contribution in [0.3, 0.4) is 0 Å². The van der Waals surface area contributed by atoms with Crippen LogP contribution in [0.5, 0.6) is 0 Å². The molecule has 0 radical (unpaired) electrons. The molecule has 3 aromatic rings. The van der Waals surface area contributed by atoms with Crippen LogP contribution in [-0.2, 0) is 4.74 Å². The molecule has 1 unspecified atom stereocenters. The highest BCUT2D eigenvalue weighted by Crippen LogP contribution is 2.37. The Balaban J connectivity index is 1.85. The fourth-order valence-electron chi connectivity index (χ4n) is 2.83. The number of amides is 2. The Labute approximate surface area is 147 Å². The summed E-state index contributed by atoms with van der Waals surface area (Å²) in [4.78, 5) is 33.9. The average Bonchev–Trinajstić information content (AvgIpc) is 2.86. The zero-order valence-corrected chi connectivity index (χ0v) is 13.5. The molecule has 8 heteroatoms. The predicted molar refractivity (Wildman–Crippen MR) is 91.2 cm³/mol.